The van der Waals surface area contributed by atoms with Gasteiger partial charge in [-0.05, 0) is 44.4 Å². The number of piperidine rings is 1. The van der Waals surface area contributed by atoms with Gasteiger partial charge in [-0.3, -0.25) is 0 Å². The lowest BCUT2D eigenvalue weighted by atomic mass is 10.1. The number of pyridine rings is 1. The van der Waals surface area contributed by atoms with E-state index in [1.807, 2.05) is 19.1 Å². The predicted molar refractivity (Wildman–Crippen MR) is 90.5 cm³/mol. The van der Waals surface area contributed by atoms with E-state index in [4.69, 9.17) is 4.74 Å². The fourth-order valence-electron chi connectivity index (χ4n) is 2.82. The molecule has 1 aromatic heterocycles. The normalized spacial score (nSPS) is 16.1. The van der Waals surface area contributed by atoms with Crippen LogP contribution < -0.4 is 15.4 Å². The van der Waals surface area contributed by atoms with Gasteiger partial charge in [-0.2, -0.15) is 0 Å². The molecule has 0 saturated carbocycles. The van der Waals surface area contributed by atoms with Gasteiger partial charge in [0.2, 0.25) is 5.88 Å². The van der Waals surface area contributed by atoms with Crippen molar-refractivity contribution in [3.05, 3.63) is 23.9 Å². The Morgan fingerprint density at radius 1 is 1.39 bits per heavy atom. The van der Waals surface area contributed by atoms with Gasteiger partial charge in [0.25, 0.3) is 0 Å². The summed E-state index contributed by atoms with van der Waals surface area (Å²) in [4.78, 5) is 18.6. The molecule has 1 fully saturated rings. The second-order valence-corrected chi connectivity index (χ2v) is 5.88. The minimum atomic E-state index is -0.103. The smallest absolute Gasteiger partial charge is 0.315 e. The number of nitrogens with one attached hydrogen (secondary N) is 2. The molecular formula is C17H28N4O2. The summed E-state index contributed by atoms with van der Waals surface area (Å²) >= 11 is 0. The standard InChI is InChI=1S/C17H28N4O2/c1-3-9-21-10-6-15(7-11-21)20-17(22)19-13-14-5-8-18-16(12-14)23-4-2/h5,8,12,15H,3-4,6-7,9-11,13H2,1-2H3,(H2,19,20,22). The summed E-state index contributed by atoms with van der Waals surface area (Å²) in [6.45, 7) is 8.48. The van der Waals surface area contributed by atoms with Gasteiger partial charge in [0.05, 0.1) is 6.61 Å². The number of likely N-dealkylation sites (tertiary alicyclic amines) is 1. The quantitative estimate of drug-likeness (QED) is 0.808. The molecule has 0 aromatic carbocycles. The maximum Gasteiger partial charge on any atom is 0.315 e. The van der Waals surface area contributed by atoms with E-state index >= 15 is 0 Å². The van der Waals surface area contributed by atoms with Crippen LogP contribution in [0.15, 0.2) is 18.3 Å². The van der Waals surface area contributed by atoms with Gasteiger partial charge in [-0.1, -0.05) is 6.92 Å². The first kappa shape index (κ1) is 17.5. The molecule has 2 N–H and O–H groups in total. The number of aromatic nitrogens is 1. The third kappa shape index (κ3) is 6.06. The Morgan fingerprint density at radius 3 is 2.87 bits per heavy atom. The molecular weight excluding hydrogens is 292 g/mol. The summed E-state index contributed by atoms with van der Waals surface area (Å²) in [5.41, 5.74) is 0.983. The number of amides is 2. The van der Waals surface area contributed by atoms with E-state index in [-0.39, 0.29) is 12.1 Å². The average molecular weight is 320 g/mol. The number of hydrogen-bond acceptors (Lipinski definition) is 4. The Morgan fingerprint density at radius 2 is 2.17 bits per heavy atom. The molecule has 0 bridgehead atoms. The highest BCUT2D eigenvalue weighted by molar-refractivity contribution is 5.74. The van der Waals surface area contributed by atoms with Crippen LogP contribution in [0.1, 0.15) is 38.7 Å². The highest BCUT2D eigenvalue weighted by atomic mass is 16.5. The molecule has 1 aliphatic rings. The van der Waals surface area contributed by atoms with Crippen LogP contribution in [0, 0.1) is 0 Å². The first-order valence-corrected chi connectivity index (χ1v) is 8.55. The van der Waals surface area contributed by atoms with Gasteiger partial charge in [-0.15, -0.1) is 0 Å². The zero-order chi connectivity index (χ0) is 16.5. The van der Waals surface area contributed by atoms with E-state index in [9.17, 15) is 4.79 Å². The maximum atomic E-state index is 12.0. The van der Waals surface area contributed by atoms with Crippen LogP contribution in [0.4, 0.5) is 4.79 Å². The number of rotatable bonds is 7. The molecule has 0 atom stereocenters. The molecule has 2 amide bonds. The van der Waals surface area contributed by atoms with E-state index in [0.29, 0.717) is 19.0 Å². The molecule has 1 aromatic rings. The van der Waals surface area contributed by atoms with Crippen LogP contribution in [0.5, 0.6) is 5.88 Å². The monoisotopic (exact) mass is 320 g/mol. The van der Waals surface area contributed by atoms with Gasteiger partial charge in [0.1, 0.15) is 0 Å². The minimum absolute atomic E-state index is 0.103. The molecule has 23 heavy (non-hydrogen) atoms. The number of carbonyl (C=O) groups is 1. The van der Waals surface area contributed by atoms with Crippen LogP contribution in [0.25, 0.3) is 0 Å². The predicted octanol–water partition coefficient (Wildman–Crippen LogP) is 2.15. The molecule has 0 radical (unpaired) electrons. The molecule has 6 heteroatoms. The van der Waals surface area contributed by atoms with Gasteiger partial charge in [-0.25, -0.2) is 9.78 Å². The van der Waals surface area contributed by atoms with Crippen LogP contribution in [0.2, 0.25) is 0 Å². The molecule has 2 rings (SSSR count). The Labute approximate surface area is 138 Å². The van der Waals surface area contributed by atoms with Crippen molar-refractivity contribution in [2.75, 3.05) is 26.2 Å². The summed E-state index contributed by atoms with van der Waals surface area (Å²) in [6.07, 6.45) is 4.94. The van der Waals surface area contributed by atoms with Gasteiger partial charge in [0.15, 0.2) is 0 Å². The van der Waals surface area contributed by atoms with Crippen LogP contribution in [0.3, 0.4) is 0 Å². The third-order valence-electron chi connectivity index (χ3n) is 4.01. The topological polar surface area (TPSA) is 66.5 Å². The number of carbonyl (C=O) groups excluding carboxylic acids is 1. The van der Waals surface area contributed by atoms with Crippen molar-refractivity contribution < 1.29 is 9.53 Å². The molecule has 0 spiro atoms. The molecule has 0 unspecified atom stereocenters. The van der Waals surface area contributed by atoms with Crippen molar-refractivity contribution in [1.82, 2.24) is 20.5 Å². The lowest BCUT2D eigenvalue weighted by Crippen LogP contribution is -2.47. The Hall–Kier alpha value is -1.82. The van der Waals surface area contributed by atoms with Crippen molar-refractivity contribution >= 4 is 6.03 Å². The summed E-state index contributed by atoms with van der Waals surface area (Å²) in [5.74, 6) is 0.593. The SMILES string of the molecule is CCCN1CCC(NC(=O)NCc2ccnc(OCC)c2)CC1. The van der Waals surface area contributed by atoms with Gasteiger partial charge in [0, 0.05) is 37.9 Å². The van der Waals surface area contributed by atoms with Crippen LogP contribution in [-0.2, 0) is 6.54 Å². The zero-order valence-corrected chi connectivity index (χ0v) is 14.2. The second-order valence-electron chi connectivity index (χ2n) is 5.88. The summed E-state index contributed by atoms with van der Waals surface area (Å²) in [6, 6.07) is 3.91. The van der Waals surface area contributed by atoms with Crippen LogP contribution in [-0.4, -0.2) is 48.2 Å². The first-order chi connectivity index (χ1) is 11.2. The van der Waals surface area contributed by atoms with Gasteiger partial charge >= 0.3 is 6.03 Å². The van der Waals surface area contributed by atoms with E-state index < -0.39 is 0 Å². The Bertz CT molecular complexity index is 487. The lowest BCUT2D eigenvalue weighted by molar-refractivity contribution is 0.192. The Balaban J connectivity index is 1.70. The Kier molecular flexibility index (Phi) is 7.13. The van der Waals surface area contributed by atoms with Crippen molar-refractivity contribution in [1.29, 1.82) is 0 Å². The minimum Gasteiger partial charge on any atom is -0.478 e. The third-order valence-corrected chi connectivity index (χ3v) is 4.01. The molecule has 2 heterocycles. The molecule has 128 valence electrons. The summed E-state index contributed by atoms with van der Waals surface area (Å²) in [7, 11) is 0. The lowest BCUT2D eigenvalue weighted by Gasteiger charge is -2.32. The first-order valence-electron chi connectivity index (χ1n) is 8.55. The number of ether oxygens (including phenoxy) is 1. The van der Waals surface area contributed by atoms with Crippen molar-refractivity contribution in [3.63, 3.8) is 0 Å². The summed E-state index contributed by atoms with van der Waals surface area (Å²) in [5, 5.41) is 5.97. The van der Waals surface area contributed by atoms with E-state index in [1.54, 1.807) is 6.20 Å². The fourth-order valence-corrected chi connectivity index (χ4v) is 2.82. The van der Waals surface area contributed by atoms with Crippen molar-refractivity contribution in [2.24, 2.45) is 0 Å². The largest absolute Gasteiger partial charge is 0.478 e. The number of hydrogen-bond donors (Lipinski definition) is 2. The maximum absolute atomic E-state index is 12.0. The zero-order valence-electron chi connectivity index (χ0n) is 14.2. The second kappa shape index (κ2) is 9.35. The van der Waals surface area contributed by atoms with Crippen molar-refractivity contribution in [2.45, 2.75) is 45.7 Å². The molecule has 1 aliphatic heterocycles. The van der Waals surface area contributed by atoms with E-state index in [1.165, 1.54) is 6.42 Å². The summed E-state index contributed by atoms with van der Waals surface area (Å²) < 4.78 is 5.36. The van der Waals surface area contributed by atoms with E-state index in [0.717, 1.165) is 38.0 Å². The fraction of sp³-hybridized carbons (Fsp3) is 0.647. The average Bonchev–Trinajstić information content (AvgIpc) is 2.56. The molecule has 6 nitrogen and oxygen atoms in total. The van der Waals surface area contributed by atoms with Crippen molar-refractivity contribution in [3.8, 4) is 5.88 Å². The highest BCUT2D eigenvalue weighted by Gasteiger charge is 2.19. The molecule has 1 saturated heterocycles. The highest BCUT2D eigenvalue weighted by Crippen LogP contribution is 2.11. The number of urea groups is 1. The van der Waals surface area contributed by atoms with Gasteiger partial charge < -0.3 is 20.3 Å². The van der Waals surface area contributed by atoms with Crippen LogP contribution >= 0.6 is 0 Å². The number of nitrogens with zero attached hydrogens (tertiary/aromatic N) is 2. The molecule has 0 aliphatic carbocycles. The van der Waals surface area contributed by atoms with E-state index in [2.05, 4.69) is 27.4 Å².